The average molecular weight is 486 g/mol. The van der Waals surface area contributed by atoms with E-state index >= 15 is 0 Å². The van der Waals surface area contributed by atoms with E-state index in [1.807, 2.05) is 24.3 Å². The van der Waals surface area contributed by atoms with Gasteiger partial charge in [-0.1, -0.05) is 38.1 Å². The van der Waals surface area contributed by atoms with Gasteiger partial charge in [0.2, 0.25) is 15.9 Å². The topological polar surface area (TPSA) is 92.8 Å². The third-order valence-corrected chi connectivity index (χ3v) is 8.55. The standard InChI is InChI=1S/C25H31N3O5S/c1-3-19(2)20-10-12-21(13-11-20)34(31,32)27-17-15-26(16-18-27)24(29)9-6-14-28-22-7-4-5-8-23(22)33-25(28)30/h4-5,7-8,10-13,19H,3,6,9,14-18H2,1-2H3. The van der Waals surface area contributed by atoms with Gasteiger partial charge in [0, 0.05) is 39.1 Å². The summed E-state index contributed by atoms with van der Waals surface area (Å²) in [6.07, 6.45) is 1.79. The van der Waals surface area contributed by atoms with E-state index in [0.717, 1.165) is 17.5 Å². The van der Waals surface area contributed by atoms with Crippen LogP contribution in [0.3, 0.4) is 0 Å². The maximum absolute atomic E-state index is 13.0. The number of oxazole rings is 1. The maximum Gasteiger partial charge on any atom is 0.419 e. The number of aromatic nitrogens is 1. The number of piperazine rings is 1. The summed E-state index contributed by atoms with van der Waals surface area (Å²) in [6.45, 7) is 5.88. The summed E-state index contributed by atoms with van der Waals surface area (Å²) in [5.41, 5.74) is 2.38. The number of hydrogen-bond acceptors (Lipinski definition) is 5. The average Bonchev–Trinajstić information content (AvgIpc) is 3.18. The lowest BCUT2D eigenvalue weighted by atomic mass is 9.99. The van der Waals surface area contributed by atoms with Gasteiger partial charge < -0.3 is 9.32 Å². The van der Waals surface area contributed by atoms with Crippen LogP contribution in [0, 0.1) is 0 Å². The van der Waals surface area contributed by atoms with Crippen LogP contribution in [0.25, 0.3) is 11.1 Å². The molecule has 1 saturated heterocycles. The van der Waals surface area contributed by atoms with E-state index in [4.69, 9.17) is 4.42 Å². The number of sulfonamides is 1. The molecule has 34 heavy (non-hydrogen) atoms. The van der Waals surface area contributed by atoms with Crippen LogP contribution < -0.4 is 5.76 Å². The molecule has 1 aliphatic heterocycles. The van der Waals surface area contributed by atoms with Crippen molar-refractivity contribution < 1.29 is 17.6 Å². The highest BCUT2D eigenvalue weighted by Gasteiger charge is 2.30. The molecule has 1 unspecified atom stereocenters. The van der Waals surface area contributed by atoms with Crippen LogP contribution >= 0.6 is 0 Å². The molecule has 1 aliphatic rings. The molecule has 4 rings (SSSR count). The van der Waals surface area contributed by atoms with Crippen molar-refractivity contribution in [3.8, 4) is 0 Å². The minimum absolute atomic E-state index is 0.0317. The lowest BCUT2D eigenvalue weighted by Crippen LogP contribution is -2.50. The summed E-state index contributed by atoms with van der Waals surface area (Å²) < 4.78 is 34.3. The second-order valence-electron chi connectivity index (χ2n) is 8.75. The number of amides is 1. The SMILES string of the molecule is CCC(C)c1ccc(S(=O)(=O)N2CCN(C(=O)CCCn3c(=O)oc4ccccc43)CC2)cc1. The molecule has 3 aromatic rings. The molecule has 9 heteroatoms. The van der Waals surface area contributed by atoms with Crippen LogP contribution in [0.4, 0.5) is 0 Å². The molecule has 0 bridgehead atoms. The fraction of sp³-hybridized carbons (Fsp3) is 0.440. The Hall–Kier alpha value is -2.91. The third-order valence-electron chi connectivity index (χ3n) is 6.64. The quantitative estimate of drug-likeness (QED) is 0.487. The number of nitrogens with zero attached hydrogens (tertiary/aromatic N) is 3. The van der Waals surface area contributed by atoms with E-state index in [1.165, 1.54) is 4.31 Å². The summed E-state index contributed by atoms with van der Waals surface area (Å²) in [5.74, 6) is -0.0716. The van der Waals surface area contributed by atoms with Crippen molar-refractivity contribution >= 4 is 27.0 Å². The summed E-state index contributed by atoms with van der Waals surface area (Å²) in [5, 5.41) is 0. The van der Waals surface area contributed by atoms with Gasteiger partial charge in [-0.25, -0.2) is 13.2 Å². The maximum atomic E-state index is 13.0. The first-order chi connectivity index (χ1) is 16.3. The molecule has 8 nitrogen and oxygen atoms in total. The number of carbonyl (C=O) groups is 1. The second kappa shape index (κ2) is 10.1. The predicted molar refractivity (Wildman–Crippen MR) is 130 cm³/mol. The molecule has 1 amide bonds. The molecular formula is C25H31N3O5S. The predicted octanol–water partition coefficient (Wildman–Crippen LogP) is 3.42. The van der Waals surface area contributed by atoms with Crippen molar-refractivity contribution in [1.82, 2.24) is 13.8 Å². The van der Waals surface area contributed by atoms with Gasteiger partial charge in [0.25, 0.3) is 0 Å². The summed E-state index contributed by atoms with van der Waals surface area (Å²) in [6, 6.07) is 14.3. The number of benzene rings is 2. The van der Waals surface area contributed by atoms with Crippen molar-refractivity contribution in [2.45, 2.75) is 50.5 Å². The molecule has 1 aromatic heterocycles. The van der Waals surface area contributed by atoms with E-state index < -0.39 is 15.8 Å². The minimum Gasteiger partial charge on any atom is -0.408 e. The van der Waals surface area contributed by atoms with Gasteiger partial charge >= 0.3 is 5.76 Å². The zero-order valence-electron chi connectivity index (χ0n) is 19.6. The number of rotatable bonds is 8. The summed E-state index contributed by atoms with van der Waals surface area (Å²) in [4.78, 5) is 26.7. The Kier molecular flexibility index (Phi) is 7.23. The fourth-order valence-corrected chi connectivity index (χ4v) is 5.73. The van der Waals surface area contributed by atoms with Crippen molar-refractivity contribution in [2.75, 3.05) is 26.2 Å². The van der Waals surface area contributed by atoms with Crippen LogP contribution in [-0.4, -0.2) is 54.3 Å². The highest BCUT2D eigenvalue weighted by molar-refractivity contribution is 7.89. The fourth-order valence-electron chi connectivity index (χ4n) is 4.30. The molecule has 1 atom stereocenters. The van der Waals surface area contributed by atoms with Gasteiger partial charge in [0.05, 0.1) is 10.4 Å². The zero-order valence-corrected chi connectivity index (χ0v) is 20.5. The molecule has 0 spiro atoms. The first-order valence-corrected chi connectivity index (χ1v) is 13.2. The van der Waals surface area contributed by atoms with Crippen LogP contribution in [0.5, 0.6) is 0 Å². The van der Waals surface area contributed by atoms with Gasteiger partial charge in [-0.05, 0) is 48.6 Å². The lowest BCUT2D eigenvalue weighted by Gasteiger charge is -2.34. The lowest BCUT2D eigenvalue weighted by molar-refractivity contribution is -0.132. The van der Waals surface area contributed by atoms with Crippen molar-refractivity contribution in [3.63, 3.8) is 0 Å². The largest absolute Gasteiger partial charge is 0.419 e. The normalized spacial score (nSPS) is 16.1. The van der Waals surface area contributed by atoms with Crippen molar-refractivity contribution in [3.05, 3.63) is 64.6 Å². The smallest absolute Gasteiger partial charge is 0.408 e. The highest BCUT2D eigenvalue weighted by atomic mass is 32.2. The van der Waals surface area contributed by atoms with Gasteiger partial charge in [-0.2, -0.15) is 4.31 Å². The van der Waals surface area contributed by atoms with Crippen LogP contribution in [0.2, 0.25) is 0 Å². The Bertz CT molecular complexity index is 1300. The number of aryl methyl sites for hydroxylation is 1. The van der Waals surface area contributed by atoms with Gasteiger partial charge in [0.1, 0.15) is 0 Å². The Labute approximate surface area is 199 Å². The van der Waals surface area contributed by atoms with E-state index in [0.29, 0.717) is 37.6 Å². The molecule has 0 N–H and O–H groups in total. The first kappa shape index (κ1) is 24.2. The molecule has 182 valence electrons. The monoisotopic (exact) mass is 485 g/mol. The summed E-state index contributed by atoms with van der Waals surface area (Å²) in [7, 11) is -3.59. The van der Waals surface area contributed by atoms with Gasteiger partial charge in [-0.15, -0.1) is 0 Å². The van der Waals surface area contributed by atoms with Gasteiger partial charge in [-0.3, -0.25) is 9.36 Å². The van der Waals surface area contributed by atoms with Crippen molar-refractivity contribution in [1.29, 1.82) is 0 Å². The number of fused-ring (bicyclic) bond motifs is 1. The van der Waals surface area contributed by atoms with Gasteiger partial charge in [0.15, 0.2) is 5.58 Å². The molecule has 0 radical (unpaired) electrons. The molecule has 1 fully saturated rings. The highest BCUT2D eigenvalue weighted by Crippen LogP contribution is 2.23. The zero-order chi connectivity index (χ0) is 24.3. The molecule has 2 aromatic carbocycles. The minimum atomic E-state index is -3.59. The van der Waals surface area contributed by atoms with Crippen molar-refractivity contribution in [2.24, 2.45) is 0 Å². The Balaban J connectivity index is 1.30. The molecule has 2 heterocycles. The van der Waals surface area contributed by atoms with E-state index in [2.05, 4.69) is 13.8 Å². The summed E-state index contributed by atoms with van der Waals surface area (Å²) >= 11 is 0. The number of carbonyl (C=O) groups excluding carboxylic acids is 1. The second-order valence-corrected chi connectivity index (χ2v) is 10.7. The van der Waals surface area contributed by atoms with Crippen LogP contribution in [-0.2, 0) is 21.4 Å². The van der Waals surface area contributed by atoms with E-state index in [1.54, 1.807) is 33.7 Å². The Morgan fingerprint density at radius 3 is 2.38 bits per heavy atom. The molecule has 0 aliphatic carbocycles. The van der Waals surface area contributed by atoms with Crippen LogP contribution in [0.15, 0.2) is 62.6 Å². The molecule has 0 saturated carbocycles. The number of hydrogen-bond donors (Lipinski definition) is 0. The third kappa shape index (κ3) is 4.95. The Morgan fingerprint density at radius 2 is 1.71 bits per heavy atom. The van der Waals surface area contributed by atoms with E-state index in [9.17, 15) is 18.0 Å². The number of para-hydroxylation sites is 2. The Morgan fingerprint density at radius 1 is 1.03 bits per heavy atom. The van der Waals surface area contributed by atoms with Crippen LogP contribution in [0.1, 0.15) is 44.6 Å². The van der Waals surface area contributed by atoms with E-state index in [-0.39, 0.29) is 30.3 Å². The molecular weight excluding hydrogens is 454 g/mol. The first-order valence-electron chi connectivity index (χ1n) is 11.8.